The lowest BCUT2D eigenvalue weighted by atomic mass is 10.2. The molecule has 0 spiro atoms. The minimum Gasteiger partial charge on any atom is -0.485 e. The summed E-state index contributed by atoms with van der Waals surface area (Å²) in [5, 5.41) is 11.6. The Morgan fingerprint density at radius 3 is 2.70 bits per heavy atom. The summed E-state index contributed by atoms with van der Waals surface area (Å²) in [6, 6.07) is 10.3. The van der Waals surface area contributed by atoms with E-state index in [0.29, 0.717) is 18.8 Å². The first-order valence-electron chi connectivity index (χ1n) is 9.45. The molecule has 1 heterocycles. The molecule has 27 heavy (non-hydrogen) atoms. The van der Waals surface area contributed by atoms with Gasteiger partial charge in [0.05, 0.1) is 11.5 Å². The van der Waals surface area contributed by atoms with Crippen LogP contribution in [0.5, 0.6) is 0 Å². The van der Waals surface area contributed by atoms with Crippen LogP contribution in [0, 0.1) is 5.41 Å². The summed E-state index contributed by atoms with van der Waals surface area (Å²) in [6.45, 7) is 6.21. The fraction of sp³-hybridized carbons (Fsp3) is 0.429. The number of ether oxygens (including phenoxy) is 1. The van der Waals surface area contributed by atoms with Crippen LogP contribution < -0.4 is 5.32 Å². The summed E-state index contributed by atoms with van der Waals surface area (Å²) in [7, 11) is 0. The van der Waals surface area contributed by atoms with Gasteiger partial charge in [-0.05, 0) is 36.2 Å². The monoisotopic (exact) mass is 385 g/mol. The zero-order chi connectivity index (χ0) is 19.1. The highest BCUT2D eigenvalue weighted by molar-refractivity contribution is 8.03. The highest BCUT2D eigenvalue weighted by atomic mass is 32.2. The molecule has 0 aromatic heterocycles. The van der Waals surface area contributed by atoms with Crippen molar-refractivity contribution in [2.75, 3.05) is 19.6 Å². The van der Waals surface area contributed by atoms with Gasteiger partial charge in [0.1, 0.15) is 5.70 Å². The van der Waals surface area contributed by atoms with E-state index in [1.165, 1.54) is 11.8 Å². The van der Waals surface area contributed by atoms with Gasteiger partial charge in [-0.3, -0.25) is 10.1 Å². The van der Waals surface area contributed by atoms with Crippen molar-refractivity contribution in [1.82, 2.24) is 10.2 Å². The van der Waals surface area contributed by atoms with E-state index in [4.69, 9.17) is 10.1 Å². The Kier molecular flexibility index (Phi) is 7.12. The number of benzene rings is 1. The summed E-state index contributed by atoms with van der Waals surface area (Å²) in [4.78, 5) is 14.6. The normalized spacial score (nSPS) is 22.6. The van der Waals surface area contributed by atoms with Crippen LogP contribution in [0.4, 0.5) is 0 Å². The fourth-order valence-corrected chi connectivity index (χ4v) is 4.60. The molecule has 0 radical (unpaired) electrons. The van der Waals surface area contributed by atoms with Crippen LogP contribution in [-0.2, 0) is 9.53 Å². The van der Waals surface area contributed by atoms with Crippen molar-refractivity contribution in [1.29, 1.82) is 5.41 Å². The van der Waals surface area contributed by atoms with Crippen LogP contribution in [-0.4, -0.2) is 43.1 Å². The summed E-state index contributed by atoms with van der Waals surface area (Å²) in [6.07, 6.45) is 6.29. The Labute approximate surface area is 165 Å². The van der Waals surface area contributed by atoms with Gasteiger partial charge in [-0.1, -0.05) is 36.9 Å². The van der Waals surface area contributed by atoms with Crippen LogP contribution in [0.1, 0.15) is 36.6 Å². The molecule has 3 rings (SSSR count). The van der Waals surface area contributed by atoms with E-state index in [-0.39, 0.29) is 17.2 Å². The van der Waals surface area contributed by atoms with Gasteiger partial charge in [0.15, 0.2) is 12.0 Å². The average molecular weight is 386 g/mol. The molecule has 1 aromatic rings. The molecule has 1 atom stereocenters. The molecule has 144 valence electrons. The second kappa shape index (κ2) is 9.76. The lowest BCUT2D eigenvalue weighted by Crippen LogP contribution is -2.37. The maximum absolute atomic E-state index is 11.7. The third kappa shape index (κ3) is 5.23. The lowest BCUT2D eigenvalue weighted by molar-refractivity contribution is -0.108. The summed E-state index contributed by atoms with van der Waals surface area (Å²) >= 11 is 1.68. The standard InChI is InChI=1S/C21H27N3O2S/c1-16-14-24(12-11-23-21(27-16)17-7-3-2-4-8-17)19(13-22)20(15-25)26-18-9-5-6-10-18/h2-4,7-8,13,15,18,21-23H,1,5-6,9-12,14H2/b20-19-,22-13?. The fourth-order valence-electron chi connectivity index (χ4n) is 3.54. The minimum absolute atomic E-state index is 0.0908. The van der Waals surface area contributed by atoms with Crippen molar-refractivity contribution in [2.45, 2.75) is 37.2 Å². The zero-order valence-corrected chi connectivity index (χ0v) is 16.3. The van der Waals surface area contributed by atoms with Crippen molar-refractivity contribution < 1.29 is 9.53 Å². The zero-order valence-electron chi connectivity index (χ0n) is 15.5. The van der Waals surface area contributed by atoms with E-state index in [1.54, 1.807) is 11.8 Å². The molecule has 0 bridgehead atoms. The Morgan fingerprint density at radius 1 is 1.30 bits per heavy atom. The summed E-state index contributed by atoms with van der Waals surface area (Å²) in [5.74, 6) is 0.273. The molecular formula is C21H27N3O2S. The van der Waals surface area contributed by atoms with Crippen molar-refractivity contribution >= 4 is 24.3 Å². The quantitative estimate of drug-likeness (QED) is 0.337. The number of hydrogen-bond acceptors (Lipinski definition) is 6. The first kappa shape index (κ1) is 19.7. The van der Waals surface area contributed by atoms with Crippen molar-refractivity contribution in [3.63, 3.8) is 0 Å². The predicted octanol–water partition coefficient (Wildman–Crippen LogP) is 3.86. The van der Waals surface area contributed by atoms with E-state index < -0.39 is 0 Å². The first-order valence-corrected chi connectivity index (χ1v) is 10.3. The van der Waals surface area contributed by atoms with E-state index >= 15 is 0 Å². The lowest BCUT2D eigenvalue weighted by Gasteiger charge is -2.32. The molecule has 1 aliphatic heterocycles. The van der Waals surface area contributed by atoms with Crippen molar-refractivity contribution in [3.05, 3.63) is 58.8 Å². The smallest absolute Gasteiger partial charge is 0.186 e. The second-order valence-corrected chi connectivity index (χ2v) is 8.14. The van der Waals surface area contributed by atoms with Crippen LogP contribution >= 0.6 is 11.8 Å². The Balaban J connectivity index is 1.72. The topological polar surface area (TPSA) is 65.4 Å². The summed E-state index contributed by atoms with van der Waals surface area (Å²) < 4.78 is 5.93. The van der Waals surface area contributed by atoms with Gasteiger partial charge in [-0.25, -0.2) is 0 Å². The third-order valence-electron chi connectivity index (χ3n) is 4.90. The summed E-state index contributed by atoms with van der Waals surface area (Å²) in [5.41, 5.74) is 1.76. The number of allylic oxidation sites excluding steroid dienone is 2. The molecule has 1 aliphatic carbocycles. The Morgan fingerprint density at radius 2 is 2.04 bits per heavy atom. The van der Waals surface area contributed by atoms with Gasteiger partial charge < -0.3 is 15.0 Å². The van der Waals surface area contributed by atoms with Crippen LogP contribution in [0.3, 0.4) is 0 Å². The molecule has 1 saturated heterocycles. The molecule has 2 fully saturated rings. The maximum Gasteiger partial charge on any atom is 0.186 e. The number of carbonyl (C=O) groups excluding carboxylic acids is 1. The maximum atomic E-state index is 11.7. The number of thioether (sulfide) groups is 1. The van der Waals surface area contributed by atoms with Gasteiger partial charge in [0, 0.05) is 25.8 Å². The van der Waals surface area contributed by atoms with Gasteiger partial charge in [-0.2, -0.15) is 0 Å². The molecule has 0 amide bonds. The van der Waals surface area contributed by atoms with Crippen molar-refractivity contribution in [3.8, 4) is 0 Å². The van der Waals surface area contributed by atoms with Crippen molar-refractivity contribution in [2.24, 2.45) is 0 Å². The van der Waals surface area contributed by atoms with Gasteiger partial charge >= 0.3 is 0 Å². The molecule has 1 unspecified atom stereocenters. The van der Waals surface area contributed by atoms with E-state index in [9.17, 15) is 4.79 Å². The van der Waals surface area contributed by atoms with Crippen LogP contribution in [0.25, 0.3) is 0 Å². The van der Waals surface area contributed by atoms with Crippen LogP contribution in [0.2, 0.25) is 0 Å². The Hall–Kier alpha value is -2.05. The molecule has 2 N–H and O–H groups in total. The van der Waals surface area contributed by atoms with Crippen LogP contribution in [0.15, 0.2) is 53.3 Å². The molecule has 5 nitrogen and oxygen atoms in total. The predicted molar refractivity (Wildman–Crippen MR) is 111 cm³/mol. The molecule has 1 aromatic carbocycles. The largest absolute Gasteiger partial charge is 0.485 e. The number of rotatable bonds is 6. The molecule has 6 heteroatoms. The number of nitrogens with zero attached hydrogens (tertiary/aromatic N) is 1. The van der Waals surface area contributed by atoms with Gasteiger partial charge in [0.2, 0.25) is 0 Å². The first-order chi connectivity index (χ1) is 13.2. The number of carbonyl (C=O) groups is 1. The van der Waals surface area contributed by atoms with Gasteiger partial charge in [0.25, 0.3) is 0 Å². The molecule has 1 saturated carbocycles. The number of hydrogen-bond donors (Lipinski definition) is 2. The highest BCUT2D eigenvalue weighted by Gasteiger charge is 2.24. The van der Waals surface area contributed by atoms with E-state index in [0.717, 1.165) is 43.4 Å². The minimum atomic E-state index is 0.0908. The van der Waals surface area contributed by atoms with Gasteiger partial charge in [-0.15, -0.1) is 11.8 Å². The number of nitrogens with one attached hydrogen (secondary N) is 2. The Bertz CT molecular complexity index is 699. The molecule has 2 aliphatic rings. The molecular weight excluding hydrogens is 358 g/mol. The second-order valence-electron chi connectivity index (χ2n) is 6.86. The van der Waals surface area contributed by atoms with E-state index in [1.807, 2.05) is 23.1 Å². The third-order valence-corrected chi connectivity index (χ3v) is 6.04. The average Bonchev–Trinajstić information content (AvgIpc) is 3.18. The number of aldehydes is 1. The SMILES string of the molecule is C=C1CN(/C(C=N)=C(/C=O)OC2CCCC2)CCNC(c2ccccc2)S1. The van der Waals surface area contributed by atoms with E-state index in [2.05, 4.69) is 24.0 Å². The highest BCUT2D eigenvalue weighted by Crippen LogP contribution is 2.33.